The first kappa shape index (κ1) is 11.4. The fourth-order valence-electron chi connectivity index (χ4n) is 1.29. The first-order valence-electron chi connectivity index (χ1n) is 4.83. The van der Waals surface area contributed by atoms with Crippen LogP contribution in [0.5, 0.6) is 0 Å². The Morgan fingerprint density at radius 3 is 1.73 bits per heavy atom. The van der Waals surface area contributed by atoms with Crippen molar-refractivity contribution in [2.75, 3.05) is 13.1 Å². The second-order valence-electron chi connectivity index (χ2n) is 3.12. The smallest absolute Gasteiger partial charge is 0.407 e. The summed E-state index contributed by atoms with van der Waals surface area (Å²) in [6, 6.07) is 0. The van der Waals surface area contributed by atoms with E-state index in [-0.39, 0.29) is 0 Å². The molecule has 1 fully saturated rings. The minimum Gasteiger partial charge on any atom is -0.465 e. The lowest BCUT2D eigenvalue weighted by molar-refractivity contribution is 0.136. The maximum atomic E-state index is 10.3. The molecule has 1 aliphatic heterocycles. The number of carbonyl (C=O) groups is 1. The molecule has 1 aromatic heterocycles. The van der Waals surface area contributed by atoms with Crippen LogP contribution in [-0.4, -0.2) is 44.1 Å². The van der Waals surface area contributed by atoms with Crippen LogP contribution >= 0.6 is 0 Å². The molecule has 0 saturated carbocycles. The van der Waals surface area contributed by atoms with Gasteiger partial charge in [-0.25, -0.2) is 19.7 Å². The van der Waals surface area contributed by atoms with Gasteiger partial charge in [-0.3, -0.25) is 0 Å². The molecule has 0 atom stereocenters. The third kappa shape index (κ3) is 4.90. The van der Waals surface area contributed by atoms with Gasteiger partial charge >= 0.3 is 6.09 Å². The number of hydrogen-bond donors (Lipinski definition) is 1. The molecular formula is C9H14N4O2. The molecule has 0 aliphatic carbocycles. The molecule has 1 saturated heterocycles. The van der Waals surface area contributed by atoms with Crippen LogP contribution in [0.4, 0.5) is 4.79 Å². The summed E-state index contributed by atoms with van der Waals surface area (Å²) in [6.45, 7) is 1.46. The minimum absolute atomic E-state index is 0.731. The summed E-state index contributed by atoms with van der Waals surface area (Å²) in [5.41, 5.74) is 0. The number of carboxylic acid groups (broad SMARTS) is 1. The topological polar surface area (TPSA) is 79.2 Å². The number of nitrogens with zero attached hydrogens (tertiary/aromatic N) is 4. The fraction of sp³-hybridized carbons (Fsp3) is 0.556. The van der Waals surface area contributed by atoms with Gasteiger partial charge in [-0.05, 0) is 19.3 Å². The van der Waals surface area contributed by atoms with Crippen LogP contribution in [0.1, 0.15) is 19.3 Å². The van der Waals surface area contributed by atoms with E-state index in [0.717, 1.165) is 25.9 Å². The summed E-state index contributed by atoms with van der Waals surface area (Å²) in [6.07, 6.45) is 6.80. The molecule has 0 aromatic carbocycles. The third-order valence-corrected chi connectivity index (χ3v) is 2.03. The minimum atomic E-state index is -0.769. The Bertz CT molecular complexity index is 248. The van der Waals surface area contributed by atoms with E-state index < -0.39 is 6.09 Å². The van der Waals surface area contributed by atoms with Crippen LogP contribution in [0.25, 0.3) is 0 Å². The molecule has 1 amide bonds. The predicted molar refractivity (Wildman–Crippen MR) is 53.3 cm³/mol. The molecular weight excluding hydrogens is 196 g/mol. The van der Waals surface area contributed by atoms with Crippen LogP contribution in [0.15, 0.2) is 19.0 Å². The molecule has 15 heavy (non-hydrogen) atoms. The Kier molecular flexibility index (Phi) is 5.07. The van der Waals surface area contributed by atoms with Crippen molar-refractivity contribution in [1.29, 1.82) is 0 Å². The Labute approximate surface area is 88.0 Å². The Balaban J connectivity index is 0.000000162. The molecule has 0 radical (unpaired) electrons. The maximum Gasteiger partial charge on any atom is 0.407 e. The lowest BCUT2D eigenvalue weighted by Gasteiger charge is -2.22. The zero-order valence-electron chi connectivity index (χ0n) is 8.41. The molecule has 0 bridgehead atoms. The molecule has 6 nitrogen and oxygen atoms in total. The van der Waals surface area contributed by atoms with Crippen molar-refractivity contribution in [1.82, 2.24) is 19.9 Å². The average Bonchev–Trinajstić information content (AvgIpc) is 2.33. The second-order valence-corrected chi connectivity index (χ2v) is 3.12. The van der Waals surface area contributed by atoms with Gasteiger partial charge in [0.05, 0.1) is 0 Å². The van der Waals surface area contributed by atoms with E-state index in [0.29, 0.717) is 0 Å². The first-order valence-corrected chi connectivity index (χ1v) is 4.83. The van der Waals surface area contributed by atoms with Gasteiger partial charge in [0.2, 0.25) is 0 Å². The van der Waals surface area contributed by atoms with Gasteiger partial charge in [-0.15, -0.1) is 0 Å². The highest BCUT2D eigenvalue weighted by atomic mass is 16.4. The number of likely N-dealkylation sites (tertiary alicyclic amines) is 1. The number of aromatic nitrogens is 3. The van der Waals surface area contributed by atoms with Gasteiger partial charge in [0.1, 0.15) is 19.0 Å². The Morgan fingerprint density at radius 2 is 1.47 bits per heavy atom. The van der Waals surface area contributed by atoms with Crippen LogP contribution in [0, 0.1) is 0 Å². The number of piperidine rings is 1. The SMILES string of the molecule is O=C(O)N1CCCCC1.c1ncncn1. The zero-order chi connectivity index (χ0) is 10.9. The number of rotatable bonds is 0. The van der Waals surface area contributed by atoms with Crippen molar-refractivity contribution >= 4 is 6.09 Å². The summed E-state index contributed by atoms with van der Waals surface area (Å²) >= 11 is 0. The predicted octanol–water partition coefficient (Wildman–Crippen LogP) is 1.02. The highest BCUT2D eigenvalue weighted by Crippen LogP contribution is 2.07. The molecule has 2 rings (SSSR count). The summed E-state index contributed by atoms with van der Waals surface area (Å²) < 4.78 is 0. The summed E-state index contributed by atoms with van der Waals surface area (Å²) in [4.78, 5) is 22.4. The van der Waals surface area contributed by atoms with E-state index in [1.165, 1.54) is 30.3 Å². The van der Waals surface area contributed by atoms with Gasteiger partial charge in [-0.2, -0.15) is 0 Å². The first-order chi connectivity index (χ1) is 7.30. The average molecular weight is 210 g/mol. The number of amides is 1. The Morgan fingerprint density at radius 1 is 1.00 bits per heavy atom. The van der Waals surface area contributed by atoms with Crippen molar-refractivity contribution in [3.05, 3.63) is 19.0 Å². The third-order valence-electron chi connectivity index (χ3n) is 2.03. The normalized spacial score (nSPS) is 15.1. The molecule has 1 aromatic rings. The summed E-state index contributed by atoms with van der Waals surface area (Å²) in [7, 11) is 0. The largest absolute Gasteiger partial charge is 0.465 e. The quantitative estimate of drug-likeness (QED) is 0.691. The van der Waals surface area contributed by atoms with Gasteiger partial charge in [0.15, 0.2) is 0 Å². The number of hydrogen-bond acceptors (Lipinski definition) is 4. The highest BCUT2D eigenvalue weighted by Gasteiger charge is 2.13. The van der Waals surface area contributed by atoms with Crippen molar-refractivity contribution in [2.24, 2.45) is 0 Å². The maximum absolute atomic E-state index is 10.3. The van der Waals surface area contributed by atoms with Crippen molar-refractivity contribution in [3.63, 3.8) is 0 Å². The van der Waals surface area contributed by atoms with E-state index in [9.17, 15) is 4.79 Å². The van der Waals surface area contributed by atoms with Crippen molar-refractivity contribution in [3.8, 4) is 0 Å². The summed E-state index contributed by atoms with van der Waals surface area (Å²) in [5.74, 6) is 0. The van der Waals surface area contributed by atoms with Crippen molar-refractivity contribution in [2.45, 2.75) is 19.3 Å². The van der Waals surface area contributed by atoms with Crippen molar-refractivity contribution < 1.29 is 9.90 Å². The molecule has 1 N–H and O–H groups in total. The molecule has 2 heterocycles. The molecule has 0 spiro atoms. The van der Waals surface area contributed by atoms with E-state index in [2.05, 4.69) is 15.0 Å². The van der Waals surface area contributed by atoms with Gasteiger partial charge in [0.25, 0.3) is 0 Å². The monoisotopic (exact) mass is 210 g/mol. The van der Waals surface area contributed by atoms with Crippen LogP contribution in [0.3, 0.4) is 0 Å². The van der Waals surface area contributed by atoms with Gasteiger partial charge < -0.3 is 10.0 Å². The zero-order valence-corrected chi connectivity index (χ0v) is 8.41. The van der Waals surface area contributed by atoms with E-state index >= 15 is 0 Å². The molecule has 82 valence electrons. The van der Waals surface area contributed by atoms with Crippen LogP contribution in [-0.2, 0) is 0 Å². The molecule has 0 unspecified atom stereocenters. The standard InChI is InChI=1S/C6H11NO2.C3H3N3/c8-6(9)7-4-2-1-3-5-7;1-4-2-6-3-5-1/h1-5H2,(H,8,9);1-3H. The molecule has 6 heteroatoms. The highest BCUT2D eigenvalue weighted by molar-refractivity contribution is 5.64. The van der Waals surface area contributed by atoms with Gasteiger partial charge in [-0.1, -0.05) is 0 Å². The Hall–Kier alpha value is -1.72. The van der Waals surface area contributed by atoms with Crippen LogP contribution < -0.4 is 0 Å². The fourth-order valence-corrected chi connectivity index (χ4v) is 1.29. The lowest BCUT2D eigenvalue weighted by atomic mass is 10.1. The summed E-state index contributed by atoms with van der Waals surface area (Å²) in [5, 5.41) is 8.46. The van der Waals surface area contributed by atoms with Gasteiger partial charge in [0, 0.05) is 13.1 Å². The van der Waals surface area contributed by atoms with E-state index in [4.69, 9.17) is 5.11 Å². The van der Waals surface area contributed by atoms with E-state index in [1.807, 2.05) is 0 Å². The van der Waals surface area contributed by atoms with E-state index in [1.54, 1.807) is 0 Å². The molecule has 1 aliphatic rings. The second kappa shape index (κ2) is 6.69. The van der Waals surface area contributed by atoms with Crippen LogP contribution in [0.2, 0.25) is 0 Å². The lowest BCUT2D eigenvalue weighted by Crippen LogP contribution is -2.34.